The molecule has 0 aliphatic heterocycles. The summed E-state index contributed by atoms with van der Waals surface area (Å²) in [5.41, 5.74) is -0.218. The average Bonchev–Trinajstić information content (AvgIpc) is 2.14. The van der Waals surface area contributed by atoms with Crippen LogP contribution in [0.1, 0.15) is 41.0 Å². The van der Waals surface area contributed by atoms with Crippen molar-refractivity contribution in [3.63, 3.8) is 0 Å². The quantitative estimate of drug-likeness (QED) is 0.679. The number of hydrogen-bond donors (Lipinski definition) is 2. The zero-order valence-electron chi connectivity index (χ0n) is 11.4. The molecule has 0 aromatic heterocycles. The zero-order valence-corrected chi connectivity index (χ0v) is 11.4. The Balaban J connectivity index is 3.77. The van der Waals surface area contributed by atoms with Gasteiger partial charge in [0.25, 0.3) is 0 Å². The van der Waals surface area contributed by atoms with Gasteiger partial charge in [0.1, 0.15) is 6.04 Å². The van der Waals surface area contributed by atoms with Crippen molar-refractivity contribution in [3.05, 3.63) is 0 Å². The summed E-state index contributed by atoms with van der Waals surface area (Å²) in [4.78, 5) is 22.7. The van der Waals surface area contributed by atoms with E-state index in [-0.39, 0.29) is 23.5 Å². The SMILES string of the molecule is CCOC(=O)C(C)NCCC(=O)NC(C)(C)C. The number of esters is 1. The van der Waals surface area contributed by atoms with Gasteiger partial charge in [0, 0.05) is 18.5 Å². The van der Waals surface area contributed by atoms with E-state index < -0.39 is 0 Å². The number of hydrogen-bond acceptors (Lipinski definition) is 4. The predicted molar refractivity (Wildman–Crippen MR) is 66.6 cm³/mol. The fourth-order valence-electron chi connectivity index (χ4n) is 1.23. The molecular weight excluding hydrogens is 220 g/mol. The molecular formula is C12H24N2O3. The Kier molecular flexibility index (Phi) is 6.80. The molecule has 1 unspecified atom stereocenters. The van der Waals surface area contributed by atoms with Crippen molar-refractivity contribution in [2.75, 3.05) is 13.2 Å². The van der Waals surface area contributed by atoms with Gasteiger partial charge in [-0.3, -0.25) is 9.59 Å². The minimum absolute atomic E-state index is 0.0268. The maximum atomic E-state index is 11.5. The van der Waals surface area contributed by atoms with Gasteiger partial charge in [-0.2, -0.15) is 0 Å². The molecule has 1 atom stereocenters. The van der Waals surface area contributed by atoms with Crippen LogP contribution in [0.25, 0.3) is 0 Å². The molecule has 0 heterocycles. The molecule has 0 saturated heterocycles. The molecule has 0 aliphatic rings. The maximum absolute atomic E-state index is 11.5. The van der Waals surface area contributed by atoms with Crippen LogP contribution >= 0.6 is 0 Å². The van der Waals surface area contributed by atoms with Crippen LogP contribution < -0.4 is 10.6 Å². The number of amides is 1. The lowest BCUT2D eigenvalue weighted by Crippen LogP contribution is -2.43. The van der Waals surface area contributed by atoms with E-state index in [0.717, 1.165) is 0 Å². The van der Waals surface area contributed by atoms with E-state index in [1.807, 2.05) is 20.8 Å². The Labute approximate surface area is 103 Å². The summed E-state index contributed by atoms with van der Waals surface area (Å²) < 4.78 is 4.84. The van der Waals surface area contributed by atoms with Crippen molar-refractivity contribution < 1.29 is 14.3 Å². The fourth-order valence-corrected chi connectivity index (χ4v) is 1.23. The smallest absolute Gasteiger partial charge is 0.322 e. The summed E-state index contributed by atoms with van der Waals surface area (Å²) in [6.07, 6.45) is 0.348. The Hall–Kier alpha value is -1.10. The molecule has 100 valence electrons. The first-order valence-electron chi connectivity index (χ1n) is 5.97. The highest BCUT2D eigenvalue weighted by Crippen LogP contribution is 1.98. The molecule has 0 rings (SSSR count). The Morgan fingerprint density at radius 2 is 1.88 bits per heavy atom. The predicted octanol–water partition coefficient (Wildman–Crippen LogP) is 0.832. The topological polar surface area (TPSA) is 67.4 Å². The van der Waals surface area contributed by atoms with E-state index in [1.165, 1.54) is 0 Å². The standard InChI is InChI=1S/C12H24N2O3/c1-6-17-11(16)9(2)13-8-7-10(15)14-12(3,4)5/h9,13H,6-8H2,1-5H3,(H,14,15). The lowest BCUT2D eigenvalue weighted by Gasteiger charge is -2.20. The third-order valence-corrected chi connectivity index (χ3v) is 1.96. The van der Waals surface area contributed by atoms with Crippen molar-refractivity contribution in [2.45, 2.75) is 52.6 Å². The van der Waals surface area contributed by atoms with Crippen molar-refractivity contribution in [3.8, 4) is 0 Å². The first-order valence-corrected chi connectivity index (χ1v) is 5.97. The van der Waals surface area contributed by atoms with E-state index in [1.54, 1.807) is 13.8 Å². The van der Waals surface area contributed by atoms with Crippen LogP contribution in [0, 0.1) is 0 Å². The highest BCUT2D eigenvalue weighted by Gasteiger charge is 2.15. The van der Waals surface area contributed by atoms with Crippen LogP contribution in [-0.2, 0) is 14.3 Å². The van der Waals surface area contributed by atoms with Gasteiger partial charge in [0.2, 0.25) is 5.91 Å². The molecule has 0 spiro atoms. The van der Waals surface area contributed by atoms with Gasteiger partial charge in [-0.25, -0.2) is 0 Å². The highest BCUT2D eigenvalue weighted by atomic mass is 16.5. The van der Waals surface area contributed by atoms with Gasteiger partial charge in [0.15, 0.2) is 0 Å². The van der Waals surface area contributed by atoms with E-state index in [2.05, 4.69) is 10.6 Å². The first-order chi connectivity index (χ1) is 7.76. The van der Waals surface area contributed by atoms with Crippen molar-refractivity contribution >= 4 is 11.9 Å². The van der Waals surface area contributed by atoms with E-state index in [4.69, 9.17) is 4.74 Å². The molecule has 0 radical (unpaired) electrons. The van der Waals surface area contributed by atoms with Crippen molar-refractivity contribution in [2.24, 2.45) is 0 Å². The van der Waals surface area contributed by atoms with Crippen LogP contribution in [0.2, 0.25) is 0 Å². The van der Waals surface area contributed by atoms with Gasteiger partial charge in [-0.1, -0.05) is 0 Å². The molecule has 0 saturated carbocycles. The zero-order chi connectivity index (χ0) is 13.5. The lowest BCUT2D eigenvalue weighted by molar-refractivity contribution is -0.145. The monoisotopic (exact) mass is 244 g/mol. The molecule has 0 fully saturated rings. The van der Waals surface area contributed by atoms with E-state index in [9.17, 15) is 9.59 Å². The molecule has 1 amide bonds. The average molecular weight is 244 g/mol. The largest absolute Gasteiger partial charge is 0.465 e. The Morgan fingerprint density at radius 3 is 2.35 bits per heavy atom. The molecule has 17 heavy (non-hydrogen) atoms. The van der Waals surface area contributed by atoms with Gasteiger partial charge in [-0.05, 0) is 34.6 Å². The third-order valence-electron chi connectivity index (χ3n) is 1.96. The van der Waals surface area contributed by atoms with Gasteiger partial charge in [-0.15, -0.1) is 0 Å². The van der Waals surface area contributed by atoms with Crippen LogP contribution in [0.5, 0.6) is 0 Å². The Bertz CT molecular complexity index is 259. The molecule has 2 N–H and O–H groups in total. The fraction of sp³-hybridized carbons (Fsp3) is 0.833. The second kappa shape index (κ2) is 7.27. The summed E-state index contributed by atoms with van der Waals surface area (Å²) in [5.74, 6) is -0.315. The van der Waals surface area contributed by atoms with Crippen molar-refractivity contribution in [1.29, 1.82) is 0 Å². The summed E-state index contributed by atoms with van der Waals surface area (Å²) >= 11 is 0. The van der Waals surface area contributed by atoms with Crippen molar-refractivity contribution in [1.82, 2.24) is 10.6 Å². The number of rotatable bonds is 6. The molecule has 5 nitrogen and oxygen atoms in total. The highest BCUT2D eigenvalue weighted by molar-refractivity contribution is 5.77. The van der Waals surface area contributed by atoms with Gasteiger partial charge >= 0.3 is 5.97 Å². The molecule has 5 heteroatoms. The van der Waals surface area contributed by atoms with Crippen LogP contribution in [0.15, 0.2) is 0 Å². The maximum Gasteiger partial charge on any atom is 0.322 e. The summed E-state index contributed by atoms with van der Waals surface area (Å²) in [7, 11) is 0. The second-order valence-corrected chi connectivity index (χ2v) is 4.98. The van der Waals surface area contributed by atoms with E-state index in [0.29, 0.717) is 19.6 Å². The summed E-state index contributed by atoms with van der Waals surface area (Å²) in [6.45, 7) is 10.1. The normalized spacial score (nSPS) is 13.0. The summed E-state index contributed by atoms with van der Waals surface area (Å²) in [6, 6.07) is -0.377. The molecule has 0 bridgehead atoms. The second-order valence-electron chi connectivity index (χ2n) is 4.98. The lowest BCUT2D eigenvalue weighted by atomic mass is 10.1. The molecule has 0 aromatic rings. The minimum atomic E-state index is -0.377. The van der Waals surface area contributed by atoms with Gasteiger partial charge in [0.05, 0.1) is 6.61 Å². The summed E-state index contributed by atoms with van der Waals surface area (Å²) in [5, 5.41) is 5.80. The number of carbonyl (C=O) groups is 2. The minimum Gasteiger partial charge on any atom is -0.465 e. The number of ether oxygens (including phenoxy) is 1. The number of carbonyl (C=O) groups excluding carboxylic acids is 2. The third kappa shape index (κ3) is 8.68. The van der Waals surface area contributed by atoms with Gasteiger partial charge < -0.3 is 15.4 Å². The Morgan fingerprint density at radius 1 is 1.29 bits per heavy atom. The first kappa shape index (κ1) is 15.9. The molecule has 0 aromatic carbocycles. The van der Waals surface area contributed by atoms with E-state index >= 15 is 0 Å². The molecule has 0 aliphatic carbocycles. The van der Waals surface area contributed by atoms with Crippen LogP contribution in [-0.4, -0.2) is 36.6 Å². The van der Waals surface area contributed by atoms with Crippen LogP contribution in [0.3, 0.4) is 0 Å². The van der Waals surface area contributed by atoms with Crippen LogP contribution in [0.4, 0.5) is 0 Å². The number of nitrogens with one attached hydrogen (secondary N) is 2.